The summed E-state index contributed by atoms with van der Waals surface area (Å²) in [5, 5.41) is 2.22. The van der Waals surface area contributed by atoms with Crippen LogP contribution in [0.5, 0.6) is 5.75 Å². The minimum absolute atomic E-state index is 0.203. The number of urea groups is 1. The number of rotatable bonds is 8. The van der Waals surface area contributed by atoms with Crippen LogP contribution >= 0.6 is 15.9 Å². The Morgan fingerprint density at radius 1 is 0.950 bits per heavy atom. The van der Waals surface area contributed by atoms with E-state index in [1.165, 1.54) is 41.5 Å². The van der Waals surface area contributed by atoms with Crippen molar-refractivity contribution in [2.75, 3.05) is 18.1 Å². The molecule has 1 fully saturated rings. The number of halogens is 1. The van der Waals surface area contributed by atoms with E-state index in [0.29, 0.717) is 24.3 Å². The molecule has 1 saturated heterocycles. The van der Waals surface area contributed by atoms with Gasteiger partial charge in [-0.2, -0.15) is 0 Å². The summed E-state index contributed by atoms with van der Waals surface area (Å²) in [7, 11) is 0. The van der Waals surface area contributed by atoms with Gasteiger partial charge in [0.15, 0.2) is 0 Å². The highest BCUT2D eigenvalue weighted by Gasteiger charge is 2.37. The van der Waals surface area contributed by atoms with Crippen LogP contribution in [0.2, 0.25) is 0 Å². The Morgan fingerprint density at radius 3 is 2.25 bits per heavy atom. The van der Waals surface area contributed by atoms with Crippen LogP contribution in [0.25, 0.3) is 6.08 Å². The van der Waals surface area contributed by atoms with Crippen LogP contribution in [-0.2, 0) is 20.7 Å². The van der Waals surface area contributed by atoms with E-state index < -0.39 is 23.8 Å². The zero-order valence-electron chi connectivity index (χ0n) is 22.7. The number of anilines is 1. The summed E-state index contributed by atoms with van der Waals surface area (Å²) < 4.78 is 11.7. The molecular formula is C31H29BrN2O6. The average molecular weight is 605 g/mol. The predicted octanol–water partition coefficient (Wildman–Crippen LogP) is 5.90. The third-order valence-electron chi connectivity index (χ3n) is 6.19. The number of nitrogens with zero attached hydrogens (tertiary/aromatic N) is 1. The normalized spacial score (nSPS) is 14.4. The molecule has 1 heterocycles. The van der Waals surface area contributed by atoms with Crippen molar-refractivity contribution in [2.24, 2.45) is 0 Å². The van der Waals surface area contributed by atoms with Gasteiger partial charge in [0.05, 0.1) is 24.5 Å². The lowest BCUT2D eigenvalue weighted by Gasteiger charge is -2.26. The molecule has 0 unspecified atom stereocenters. The van der Waals surface area contributed by atoms with Crippen molar-refractivity contribution in [3.63, 3.8) is 0 Å². The van der Waals surface area contributed by atoms with Crippen molar-refractivity contribution >= 4 is 51.5 Å². The Kier molecular flexibility index (Phi) is 8.84. The van der Waals surface area contributed by atoms with Crippen molar-refractivity contribution in [2.45, 2.75) is 34.1 Å². The molecule has 3 aromatic rings. The summed E-state index contributed by atoms with van der Waals surface area (Å²) in [5.41, 5.74) is 5.21. The third kappa shape index (κ3) is 6.31. The van der Waals surface area contributed by atoms with E-state index in [9.17, 15) is 19.2 Å². The van der Waals surface area contributed by atoms with Gasteiger partial charge in [-0.15, -0.1) is 0 Å². The van der Waals surface area contributed by atoms with Crippen LogP contribution in [0.3, 0.4) is 0 Å². The standard InChI is InChI=1S/C31H29BrN2O6/c1-5-39-27-17-21(16-26(32)24(27)14-20-12-18(3)11-19(4)13-20)15-25-28(35)33-31(38)34(29(25)36)23-9-7-22(8-10-23)30(37)40-6-2/h7-13,15-17H,5-6,14H2,1-4H3,(H,33,35,38)/b25-15+. The SMILES string of the molecule is CCOC(=O)c1ccc(N2C(=O)NC(=O)/C(=C\c3cc(Br)c(Cc4cc(C)cc(C)c4)c(OCC)c3)C2=O)cc1. The van der Waals surface area contributed by atoms with Crippen LogP contribution < -0.4 is 15.0 Å². The lowest BCUT2D eigenvalue weighted by atomic mass is 9.98. The molecular weight excluding hydrogens is 576 g/mol. The summed E-state index contributed by atoms with van der Waals surface area (Å²) in [6, 6.07) is 14.9. The van der Waals surface area contributed by atoms with E-state index in [1.807, 2.05) is 13.0 Å². The molecule has 0 atom stereocenters. The van der Waals surface area contributed by atoms with E-state index in [0.717, 1.165) is 20.5 Å². The zero-order chi connectivity index (χ0) is 29.0. The highest BCUT2D eigenvalue weighted by molar-refractivity contribution is 9.10. The first-order chi connectivity index (χ1) is 19.1. The van der Waals surface area contributed by atoms with Crippen molar-refractivity contribution < 1.29 is 28.7 Å². The summed E-state index contributed by atoms with van der Waals surface area (Å²) in [5.74, 6) is -1.49. The smallest absolute Gasteiger partial charge is 0.338 e. The lowest BCUT2D eigenvalue weighted by molar-refractivity contribution is -0.122. The van der Waals surface area contributed by atoms with E-state index in [2.05, 4.69) is 53.3 Å². The molecule has 4 amide bonds. The number of ether oxygens (including phenoxy) is 2. The van der Waals surface area contributed by atoms with Crippen molar-refractivity contribution in [1.82, 2.24) is 5.32 Å². The van der Waals surface area contributed by atoms with E-state index in [4.69, 9.17) is 9.47 Å². The minimum atomic E-state index is -0.879. The third-order valence-corrected chi connectivity index (χ3v) is 6.90. The van der Waals surface area contributed by atoms with Gasteiger partial charge in [-0.05, 0) is 81.3 Å². The lowest BCUT2D eigenvalue weighted by Crippen LogP contribution is -2.54. The fourth-order valence-electron chi connectivity index (χ4n) is 4.57. The molecule has 206 valence electrons. The van der Waals surface area contributed by atoms with Gasteiger partial charge >= 0.3 is 12.0 Å². The predicted molar refractivity (Wildman–Crippen MR) is 155 cm³/mol. The number of amides is 4. The van der Waals surface area contributed by atoms with Gasteiger partial charge in [0.25, 0.3) is 11.8 Å². The number of imide groups is 2. The van der Waals surface area contributed by atoms with Gasteiger partial charge in [0, 0.05) is 16.5 Å². The molecule has 1 aliphatic heterocycles. The van der Waals surface area contributed by atoms with Crippen LogP contribution in [0, 0.1) is 13.8 Å². The second-order valence-electron chi connectivity index (χ2n) is 9.31. The van der Waals surface area contributed by atoms with Crippen LogP contribution in [0.15, 0.2) is 64.6 Å². The Labute approximate surface area is 241 Å². The largest absolute Gasteiger partial charge is 0.494 e. The second-order valence-corrected chi connectivity index (χ2v) is 10.2. The highest BCUT2D eigenvalue weighted by atomic mass is 79.9. The Balaban J connectivity index is 1.67. The average Bonchev–Trinajstić information content (AvgIpc) is 2.88. The molecule has 3 aromatic carbocycles. The number of esters is 1. The summed E-state index contributed by atoms with van der Waals surface area (Å²) in [6.07, 6.45) is 2.05. The number of benzene rings is 3. The first-order valence-electron chi connectivity index (χ1n) is 12.8. The van der Waals surface area contributed by atoms with Gasteiger partial charge in [-0.3, -0.25) is 14.9 Å². The first-order valence-corrected chi connectivity index (χ1v) is 13.6. The van der Waals surface area contributed by atoms with Gasteiger partial charge in [0.1, 0.15) is 11.3 Å². The first kappa shape index (κ1) is 28.8. The molecule has 8 nitrogen and oxygen atoms in total. The number of aryl methyl sites for hydroxylation is 2. The van der Waals surface area contributed by atoms with Crippen molar-refractivity contribution in [3.05, 3.63) is 98.0 Å². The molecule has 1 N–H and O–H groups in total. The highest BCUT2D eigenvalue weighted by Crippen LogP contribution is 2.33. The molecule has 0 spiro atoms. The summed E-state index contributed by atoms with van der Waals surface area (Å²) in [6.45, 7) is 8.34. The topological polar surface area (TPSA) is 102 Å². The number of hydrogen-bond donors (Lipinski definition) is 1. The molecule has 0 saturated carbocycles. The van der Waals surface area contributed by atoms with Gasteiger partial charge < -0.3 is 9.47 Å². The molecule has 0 aliphatic carbocycles. The van der Waals surface area contributed by atoms with Crippen LogP contribution in [0.4, 0.5) is 10.5 Å². The van der Waals surface area contributed by atoms with Gasteiger partial charge in [-0.25, -0.2) is 14.5 Å². The number of nitrogens with one attached hydrogen (secondary N) is 1. The van der Waals surface area contributed by atoms with Crippen molar-refractivity contribution in [3.8, 4) is 5.75 Å². The minimum Gasteiger partial charge on any atom is -0.494 e. The summed E-state index contributed by atoms with van der Waals surface area (Å²) >= 11 is 3.65. The molecule has 1 aliphatic rings. The monoisotopic (exact) mass is 604 g/mol. The van der Waals surface area contributed by atoms with Crippen LogP contribution in [-0.4, -0.2) is 37.0 Å². The molecule has 0 aromatic heterocycles. The van der Waals surface area contributed by atoms with Gasteiger partial charge in [-0.1, -0.05) is 45.3 Å². The summed E-state index contributed by atoms with van der Waals surface area (Å²) in [4.78, 5) is 51.6. The zero-order valence-corrected chi connectivity index (χ0v) is 24.3. The van der Waals surface area contributed by atoms with Crippen LogP contribution in [0.1, 0.15) is 52.0 Å². The Bertz CT molecular complexity index is 1510. The number of hydrogen-bond acceptors (Lipinski definition) is 6. The molecule has 40 heavy (non-hydrogen) atoms. The van der Waals surface area contributed by atoms with E-state index in [1.54, 1.807) is 13.0 Å². The molecule has 0 bridgehead atoms. The quantitative estimate of drug-likeness (QED) is 0.195. The molecule has 4 rings (SSSR count). The maximum atomic E-state index is 13.4. The maximum Gasteiger partial charge on any atom is 0.338 e. The number of carbonyl (C=O) groups is 4. The van der Waals surface area contributed by atoms with Crippen molar-refractivity contribution in [1.29, 1.82) is 0 Å². The number of carbonyl (C=O) groups excluding carboxylic acids is 4. The maximum absolute atomic E-state index is 13.4. The Hall–Kier alpha value is -4.24. The van der Waals surface area contributed by atoms with E-state index in [-0.39, 0.29) is 23.4 Å². The number of barbiturate groups is 1. The molecule has 9 heteroatoms. The fraction of sp³-hybridized carbons (Fsp3) is 0.226. The fourth-order valence-corrected chi connectivity index (χ4v) is 5.17. The second kappa shape index (κ2) is 12.3. The Morgan fingerprint density at radius 2 is 1.62 bits per heavy atom. The van der Waals surface area contributed by atoms with Gasteiger partial charge in [0.2, 0.25) is 0 Å². The molecule has 0 radical (unpaired) electrons. The van der Waals surface area contributed by atoms with E-state index >= 15 is 0 Å².